The summed E-state index contributed by atoms with van der Waals surface area (Å²) < 4.78 is 34.6. The molecule has 0 saturated heterocycles. The largest absolute Gasteiger partial charge is 0.494 e. The van der Waals surface area contributed by atoms with E-state index in [-0.39, 0.29) is 23.4 Å². The number of nitrogens with zero attached hydrogens (tertiary/aromatic N) is 2. The zero-order valence-corrected chi connectivity index (χ0v) is 26.7. The summed E-state index contributed by atoms with van der Waals surface area (Å²) in [5.74, 6) is -0.278. The van der Waals surface area contributed by atoms with Crippen LogP contribution in [0, 0.1) is 0 Å². The molecule has 43 heavy (non-hydrogen) atoms. The topological polar surface area (TPSA) is 96.0 Å². The number of sulfonamides is 1. The standard InChI is InChI=1S/C32H37Cl2N3O5S/c1-3-30(32(39)35-25-10-8-9-11-25)36(21-23-14-15-24(33)20-29(23)34)31(38)22-37(26-12-6-5-7-13-26)43(40,41)28-18-16-27(17-19-28)42-4-2/h5-7,12-20,25,30H,3-4,8-11,21-22H2,1-2H3,(H,35,39)/t30-/m1/s1. The number of benzene rings is 3. The van der Waals surface area contributed by atoms with Gasteiger partial charge in [0.2, 0.25) is 11.8 Å². The molecule has 0 aromatic heterocycles. The first kappa shape index (κ1) is 32.6. The van der Waals surface area contributed by atoms with Crippen LogP contribution in [0.2, 0.25) is 10.0 Å². The number of hydrogen-bond acceptors (Lipinski definition) is 5. The van der Waals surface area contributed by atoms with Crippen LogP contribution in [0.25, 0.3) is 0 Å². The second-order valence-electron chi connectivity index (χ2n) is 10.4. The maximum Gasteiger partial charge on any atom is 0.264 e. The molecule has 0 bridgehead atoms. The molecule has 1 aliphatic rings. The highest BCUT2D eigenvalue weighted by atomic mass is 35.5. The van der Waals surface area contributed by atoms with E-state index in [9.17, 15) is 18.0 Å². The number of rotatable bonds is 13. The third-order valence-corrected chi connectivity index (χ3v) is 9.86. The quantitative estimate of drug-likeness (QED) is 0.230. The molecule has 0 radical (unpaired) electrons. The summed E-state index contributed by atoms with van der Waals surface area (Å²) in [7, 11) is -4.19. The molecule has 1 aliphatic carbocycles. The van der Waals surface area contributed by atoms with Gasteiger partial charge in [-0.2, -0.15) is 0 Å². The van der Waals surface area contributed by atoms with Crippen molar-refractivity contribution in [2.45, 2.75) is 69.5 Å². The SMILES string of the molecule is CCOc1ccc(S(=O)(=O)N(CC(=O)N(Cc2ccc(Cl)cc2Cl)[C@H](CC)C(=O)NC2CCCC2)c2ccccc2)cc1. The summed E-state index contributed by atoms with van der Waals surface area (Å²) in [5.41, 5.74) is 0.907. The third kappa shape index (κ3) is 8.22. The summed E-state index contributed by atoms with van der Waals surface area (Å²) in [6.45, 7) is 3.58. The molecule has 1 atom stereocenters. The molecule has 1 fully saturated rings. The number of halogens is 2. The average Bonchev–Trinajstić information content (AvgIpc) is 3.50. The van der Waals surface area contributed by atoms with E-state index in [2.05, 4.69) is 5.32 Å². The first-order valence-corrected chi connectivity index (χ1v) is 16.7. The van der Waals surface area contributed by atoms with Crippen molar-refractivity contribution in [3.63, 3.8) is 0 Å². The summed E-state index contributed by atoms with van der Waals surface area (Å²) in [6, 6.07) is 18.7. The highest BCUT2D eigenvalue weighted by molar-refractivity contribution is 7.92. The molecule has 4 rings (SSSR count). The molecule has 11 heteroatoms. The van der Waals surface area contributed by atoms with E-state index in [1.54, 1.807) is 60.7 Å². The minimum atomic E-state index is -4.19. The van der Waals surface area contributed by atoms with Crippen molar-refractivity contribution in [1.29, 1.82) is 0 Å². The normalized spacial score (nSPS) is 14.2. The van der Waals surface area contributed by atoms with Crippen LogP contribution >= 0.6 is 23.2 Å². The van der Waals surface area contributed by atoms with Gasteiger partial charge in [-0.3, -0.25) is 13.9 Å². The van der Waals surface area contributed by atoms with Gasteiger partial charge in [-0.05, 0) is 80.3 Å². The van der Waals surface area contributed by atoms with Gasteiger partial charge in [0.25, 0.3) is 10.0 Å². The van der Waals surface area contributed by atoms with Crippen LogP contribution in [0.15, 0.2) is 77.7 Å². The van der Waals surface area contributed by atoms with Crippen LogP contribution in [0.3, 0.4) is 0 Å². The van der Waals surface area contributed by atoms with Crippen molar-refractivity contribution in [3.05, 3.63) is 88.4 Å². The van der Waals surface area contributed by atoms with E-state index in [0.717, 1.165) is 30.0 Å². The fraction of sp³-hybridized carbons (Fsp3) is 0.375. The molecule has 0 unspecified atom stereocenters. The van der Waals surface area contributed by atoms with E-state index in [1.807, 2.05) is 13.8 Å². The highest BCUT2D eigenvalue weighted by Crippen LogP contribution is 2.28. The number of ether oxygens (including phenoxy) is 1. The Kier molecular flexibility index (Phi) is 11.3. The lowest BCUT2D eigenvalue weighted by molar-refractivity contribution is -0.140. The van der Waals surface area contributed by atoms with E-state index >= 15 is 0 Å². The van der Waals surface area contributed by atoms with E-state index in [0.29, 0.717) is 40.1 Å². The van der Waals surface area contributed by atoms with Gasteiger partial charge in [-0.15, -0.1) is 0 Å². The number of carbonyl (C=O) groups excluding carboxylic acids is 2. The van der Waals surface area contributed by atoms with Gasteiger partial charge in [-0.25, -0.2) is 8.42 Å². The van der Waals surface area contributed by atoms with Crippen LogP contribution in [0.4, 0.5) is 5.69 Å². The summed E-state index contributed by atoms with van der Waals surface area (Å²) in [4.78, 5) is 29.2. The Bertz CT molecular complexity index is 1500. The molecule has 3 aromatic rings. The summed E-state index contributed by atoms with van der Waals surface area (Å²) >= 11 is 12.6. The molecule has 8 nitrogen and oxygen atoms in total. The number of carbonyl (C=O) groups is 2. The highest BCUT2D eigenvalue weighted by Gasteiger charge is 2.34. The Morgan fingerprint density at radius 1 is 0.977 bits per heavy atom. The molecule has 2 amide bonds. The van der Waals surface area contributed by atoms with Crippen molar-refractivity contribution in [2.24, 2.45) is 0 Å². The predicted molar refractivity (Wildman–Crippen MR) is 170 cm³/mol. The van der Waals surface area contributed by atoms with Gasteiger partial charge in [-0.1, -0.05) is 67.2 Å². The van der Waals surface area contributed by atoms with Crippen LogP contribution in [-0.2, 0) is 26.2 Å². The van der Waals surface area contributed by atoms with Crippen molar-refractivity contribution < 1.29 is 22.7 Å². The number of anilines is 1. The number of para-hydroxylation sites is 1. The average molecular weight is 647 g/mol. The van der Waals surface area contributed by atoms with Crippen LogP contribution < -0.4 is 14.4 Å². The monoisotopic (exact) mass is 645 g/mol. The first-order valence-electron chi connectivity index (χ1n) is 14.5. The molecule has 3 aromatic carbocycles. The fourth-order valence-corrected chi connectivity index (χ4v) is 7.13. The van der Waals surface area contributed by atoms with E-state index in [1.165, 1.54) is 17.0 Å². The van der Waals surface area contributed by atoms with Crippen molar-refractivity contribution >= 4 is 50.7 Å². The van der Waals surface area contributed by atoms with Gasteiger partial charge in [0.15, 0.2) is 0 Å². The van der Waals surface area contributed by atoms with Gasteiger partial charge >= 0.3 is 0 Å². The second-order valence-corrected chi connectivity index (χ2v) is 13.1. The Morgan fingerprint density at radius 3 is 2.26 bits per heavy atom. The van der Waals surface area contributed by atoms with Crippen molar-refractivity contribution in [1.82, 2.24) is 10.2 Å². The molecular weight excluding hydrogens is 609 g/mol. The number of amides is 2. The van der Waals surface area contributed by atoms with Crippen LogP contribution in [-0.4, -0.2) is 50.4 Å². The van der Waals surface area contributed by atoms with E-state index in [4.69, 9.17) is 27.9 Å². The molecule has 230 valence electrons. The maximum absolute atomic E-state index is 14.2. The third-order valence-electron chi connectivity index (χ3n) is 7.49. The van der Waals surface area contributed by atoms with Crippen LogP contribution in [0.5, 0.6) is 5.75 Å². The van der Waals surface area contributed by atoms with Gasteiger partial charge in [0.1, 0.15) is 18.3 Å². The second kappa shape index (κ2) is 14.9. The zero-order chi connectivity index (χ0) is 31.0. The van der Waals surface area contributed by atoms with Crippen molar-refractivity contribution in [3.8, 4) is 5.75 Å². The number of nitrogens with one attached hydrogen (secondary N) is 1. The van der Waals surface area contributed by atoms with Gasteiger partial charge < -0.3 is 15.0 Å². The van der Waals surface area contributed by atoms with Crippen LogP contribution in [0.1, 0.15) is 51.5 Å². The van der Waals surface area contributed by atoms with Gasteiger partial charge in [0, 0.05) is 22.6 Å². The molecular formula is C32H37Cl2N3O5S. The molecule has 0 spiro atoms. The smallest absolute Gasteiger partial charge is 0.264 e. The maximum atomic E-state index is 14.2. The van der Waals surface area contributed by atoms with E-state index < -0.39 is 28.5 Å². The predicted octanol–water partition coefficient (Wildman–Crippen LogP) is 6.45. The Balaban J connectivity index is 1.70. The lowest BCUT2D eigenvalue weighted by Gasteiger charge is -2.34. The minimum Gasteiger partial charge on any atom is -0.494 e. The molecule has 0 heterocycles. The zero-order valence-electron chi connectivity index (χ0n) is 24.3. The first-order chi connectivity index (χ1) is 20.6. The molecule has 1 N–H and O–H groups in total. The lowest BCUT2D eigenvalue weighted by atomic mass is 10.1. The van der Waals surface area contributed by atoms with Gasteiger partial charge in [0.05, 0.1) is 17.2 Å². The molecule has 0 aliphatic heterocycles. The summed E-state index contributed by atoms with van der Waals surface area (Å²) in [5, 5.41) is 3.89. The fourth-order valence-electron chi connectivity index (χ4n) is 5.25. The summed E-state index contributed by atoms with van der Waals surface area (Å²) in [6.07, 6.45) is 4.19. The Morgan fingerprint density at radius 2 is 1.65 bits per heavy atom. The Hall–Kier alpha value is -3.27. The lowest BCUT2D eigenvalue weighted by Crippen LogP contribution is -2.53. The number of hydrogen-bond donors (Lipinski definition) is 1. The minimum absolute atomic E-state index is 0.00282. The van der Waals surface area contributed by atoms with Crippen molar-refractivity contribution in [2.75, 3.05) is 17.5 Å². The Labute approximate surface area is 264 Å². The molecule has 1 saturated carbocycles.